The number of ether oxygens (including phenoxy) is 2. The number of carbonyl (C=O) groups excluding carboxylic acids is 1. The molecule has 0 amide bonds. The molecule has 2 rings (SSSR count). The van der Waals surface area contributed by atoms with Crippen molar-refractivity contribution < 1.29 is 22.7 Å². The van der Waals surface area contributed by atoms with Crippen LogP contribution in [0.2, 0.25) is 0 Å². The number of sulfonamides is 1. The average molecular weight is 453 g/mol. The summed E-state index contributed by atoms with van der Waals surface area (Å²) < 4.78 is 38.8. The zero-order chi connectivity index (χ0) is 19.6. The second kappa shape index (κ2) is 8.41. The Morgan fingerprint density at radius 1 is 1.12 bits per heavy atom. The van der Waals surface area contributed by atoms with Crippen LogP contribution < -0.4 is 0 Å². The van der Waals surface area contributed by atoms with E-state index in [0.29, 0.717) is 0 Å². The van der Waals surface area contributed by atoms with Gasteiger partial charge in [0.15, 0.2) is 23.6 Å². The van der Waals surface area contributed by atoms with Gasteiger partial charge in [-0.1, -0.05) is 34.6 Å². The second-order valence-corrected chi connectivity index (χ2v) is 10.9. The lowest BCUT2D eigenvalue weighted by Gasteiger charge is -2.31. The average Bonchev–Trinajstić information content (AvgIpc) is 2.78. The third kappa shape index (κ3) is 3.12. The summed E-state index contributed by atoms with van der Waals surface area (Å²) in [7, 11) is -5.19. The van der Waals surface area contributed by atoms with Crippen molar-refractivity contribution in [3.63, 3.8) is 0 Å². The van der Waals surface area contributed by atoms with Crippen LogP contribution in [0.3, 0.4) is 0 Å². The van der Waals surface area contributed by atoms with Crippen LogP contribution in [-0.4, -0.2) is 41.9 Å². The van der Waals surface area contributed by atoms with E-state index < -0.39 is 46.7 Å². The minimum atomic E-state index is -4.37. The fourth-order valence-corrected chi connectivity index (χ4v) is 10.9. The molecular weight excluding hydrogens is 432 g/mol. The second-order valence-electron chi connectivity index (χ2n) is 5.57. The first-order valence-corrected chi connectivity index (χ1v) is 13.7. The lowest BCUT2D eigenvalue weighted by atomic mass is 10.1. The number of carbonyl (C=O) groups is 1. The van der Waals surface area contributed by atoms with E-state index in [0.717, 1.165) is 9.87 Å². The molecule has 0 spiro atoms. The molecule has 0 radical (unpaired) electrons. The minimum Gasteiger partial charge on any atom is -0.335 e. The topological polar surface area (TPSA) is 72.9 Å². The predicted octanol–water partition coefficient (Wildman–Crippen LogP) is 2.62. The maximum atomic E-state index is 13.1. The molecule has 142 valence electrons. The Morgan fingerprint density at radius 2 is 1.62 bits per heavy atom. The molecule has 0 aromatic heterocycles. The van der Waals surface area contributed by atoms with Gasteiger partial charge in [-0.2, -0.15) is 0 Å². The molecule has 1 aromatic rings. The van der Waals surface area contributed by atoms with Crippen LogP contribution in [0.25, 0.3) is 0 Å². The van der Waals surface area contributed by atoms with E-state index in [9.17, 15) is 13.2 Å². The molecule has 1 aliphatic rings. The fraction of sp³-hybridized carbons (Fsp3) is 0.533. The smallest absolute Gasteiger partial charge is 0.335 e. The van der Waals surface area contributed by atoms with Gasteiger partial charge in [0.25, 0.3) is 10.0 Å². The van der Waals surface area contributed by atoms with Crippen molar-refractivity contribution in [2.45, 2.75) is 37.6 Å². The third-order valence-electron chi connectivity index (χ3n) is 4.19. The number of rotatable bonds is 8. The van der Waals surface area contributed by atoms with Crippen molar-refractivity contribution in [1.29, 1.82) is 0 Å². The van der Waals surface area contributed by atoms with Crippen LogP contribution in [0.5, 0.6) is 0 Å². The van der Waals surface area contributed by atoms with Gasteiger partial charge in [0.05, 0.1) is 6.04 Å². The summed E-state index contributed by atoms with van der Waals surface area (Å²) in [4.78, 5) is 13.0. The first-order chi connectivity index (χ1) is 12.3. The summed E-state index contributed by atoms with van der Waals surface area (Å²) in [6.07, 6.45) is 0. The van der Waals surface area contributed by atoms with Crippen LogP contribution in [0.15, 0.2) is 30.3 Å². The highest BCUT2D eigenvalue weighted by Crippen LogP contribution is 2.59. The van der Waals surface area contributed by atoms with E-state index >= 15 is 0 Å². The van der Waals surface area contributed by atoms with Gasteiger partial charge in [-0.25, -0.2) is 8.42 Å². The molecule has 0 aliphatic carbocycles. The highest BCUT2D eigenvalue weighted by Gasteiger charge is 2.85. The SMILES string of the molecule is CCOC1(OCC)C(=O)S(=O)(=O)N(C(C)c2ccccc2)C1([PH+]=S)[PH+]=S. The molecule has 1 fully saturated rings. The molecule has 3 atom stereocenters. The molecule has 1 aromatic carbocycles. The number of benzene rings is 1. The van der Waals surface area contributed by atoms with E-state index in [1.54, 1.807) is 32.9 Å². The van der Waals surface area contributed by atoms with Crippen molar-refractivity contribution >= 4 is 53.5 Å². The Hall–Kier alpha value is -0.240. The lowest BCUT2D eigenvalue weighted by Crippen LogP contribution is -2.56. The fourth-order valence-electron chi connectivity index (χ4n) is 3.12. The summed E-state index contributed by atoms with van der Waals surface area (Å²) in [5, 5.41) is -2.54. The Balaban J connectivity index is 2.79. The first-order valence-electron chi connectivity index (χ1n) is 7.99. The normalized spacial score (nSPS) is 26.3. The maximum Gasteiger partial charge on any atom is 0.421 e. The van der Waals surface area contributed by atoms with Crippen molar-refractivity contribution in [1.82, 2.24) is 4.31 Å². The standard InChI is InChI=1S/C15H19NO5P2S3/c1-4-20-14(21-5-2)13(17)26(18,19)16(15(14,22-24)23-25)11(3)12-9-7-6-8-10-12/h6-11H,4-5H2,1-3H3/p+2. The van der Waals surface area contributed by atoms with E-state index in [1.807, 2.05) is 18.2 Å². The van der Waals surface area contributed by atoms with Crippen LogP contribution in [0.1, 0.15) is 32.4 Å². The Kier molecular flexibility index (Phi) is 7.14. The van der Waals surface area contributed by atoms with Gasteiger partial charge in [-0.3, -0.25) is 4.79 Å². The van der Waals surface area contributed by atoms with Gasteiger partial charge < -0.3 is 9.47 Å². The number of nitrogens with zero attached hydrogens (tertiary/aromatic N) is 1. The molecule has 0 saturated carbocycles. The van der Waals surface area contributed by atoms with Gasteiger partial charge in [0.2, 0.25) is 14.7 Å². The zero-order valence-corrected chi connectivity index (χ0v) is 19.0. The van der Waals surface area contributed by atoms with Gasteiger partial charge in [-0.15, -0.1) is 0 Å². The molecule has 1 saturated heterocycles. The van der Waals surface area contributed by atoms with Gasteiger partial charge >= 0.3 is 15.9 Å². The van der Waals surface area contributed by atoms with Crippen LogP contribution in [-0.2, 0) is 47.9 Å². The molecule has 1 aliphatic heterocycles. The largest absolute Gasteiger partial charge is 0.421 e. The van der Waals surface area contributed by atoms with Gasteiger partial charge in [0.1, 0.15) is 0 Å². The van der Waals surface area contributed by atoms with Crippen molar-refractivity contribution in [2.75, 3.05) is 13.2 Å². The zero-order valence-electron chi connectivity index (χ0n) is 14.6. The molecule has 0 N–H and O–H groups in total. The maximum absolute atomic E-state index is 13.1. The molecule has 1 heterocycles. The summed E-state index contributed by atoms with van der Waals surface area (Å²) in [6.45, 7) is 5.25. The van der Waals surface area contributed by atoms with Crippen molar-refractivity contribution in [3.8, 4) is 0 Å². The third-order valence-corrected chi connectivity index (χ3v) is 11.7. The predicted molar refractivity (Wildman–Crippen MR) is 111 cm³/mol. The summed E-state index contributed by atoms with van der Waals surface area (Å²) in [5.41, 5.74) is 0.735. The summed E-state index contributed by atoms with van der Waals surface area (Å²) in [6, 6.07) is 8.41. The molecule has 26 heavy (non-hydrogen) atoms. The van der Waals surface area contributed by atoms with Gasteiger partial charge in [-0.05, 0) is 26.3 Å². The Bertz CT molecular complexity index is 789. The van der Waals surface area contributed by atoms with Crippen molar-refractivity contribution in [3.05, 3.63) is 35.9 Å². The number of hydrogen-bond donors (Lipinski definition) is 0. The van der Waals surface area contributed by atoms with E-state index in [2.05, 4.69) is 0 Å². The molecule has 11 heteroatoms. The van der Waals surface area contributed by atoms with Crippen LogP contribution in [0, 0.1) is 0 Å². The Morgan fingerprint density at radius 3 is 2.04 bits per heavy atom. The van der Waals surface area contributed by atoms with E-state index in [1.165, 1.54) is 0 Å². The van der Waals surface area contributed by atoms with E-state index in [4.69, 9.17) is 33.1 Å². The number of hydrogen-bond acceptors (Lipinski definition) is 7. The lowest BCUT2D eigenvalue weighted by molar-refractivity contribution is -0.228. The Labute approximate surface area is 167 Å². The van der Waals surface area contributed by atoms with Gasteiger partial charge in [0, 0.05) is 13.2 Å². The van der Waals surface area contributed by atoms with Crippen LogP contribution >= 0.6 is 14.7 Å². The molecule has 0 bridgehead atoms. The highest BCUT2D eigenvalue weighted by atomic mass is 32.4. The van der Waals surface area contributed by atoms with Crippen LogP contribution in [0.4, 0.5) is 0 Å². The molecule has 3 unspecified atom stereocenters. The molecule has 6 nitrogen and oxygen atoms in total. The monoisotopic (exact) mass is 453 g/mol. The minimum absolute atomic E-state index is 0.0934. The van der Waals surface area contributed by atoms with E-state index in [-0.39, 0.29) is 13.2 Å². The highest BCUT2D eigenvalue weighted by molar-refractivity contribution is 8.10. The molecular formula is C15H21NO5P2S3+2. The first kappa shape index (κ1) is 22.1. The quantitative estimate of drug-likeness (QED) is 0.443. The summed E-state index contributed by atoms with van der Waals surface area (Å²) in [5.74, 6) is -2.00. The van der Waals surface area contributed by atoms with Crippen molar-refractivity contribution in [2.24, 2.45) is 0 Å². The summed E-state index contributed by atoms with van der Waals surface area (Å²) >= 11 is 10.7.